The summed E-state index contributed by atoms with van der Waals surface area (Å²) in [4.78, 5) is 23.0. The van der Waals surface area contributed by atoms with Gasteiger partial charge in [0.25, 0.3) is 0 Å². The second kappa shape index (κ2) is 4.16. The Morgan fingerprint density at radius 1 is 1.53 bits per heavy atom. The van der Waals surface area contributed by atoms with Gasteiger partial charge in [-0.15, -0.1) is 0 Å². The fourth-order valence-electron chi connectivity index (χ4n) is 1.91. The van der Waals surface area contributed by atoms with Gasteiger partial charge in [0.05, 0.1) is 12.7 Å². The summed E-state index contributed by atoms with van der Waals surface area (Å²) >= 11 is 0. The number of fused-ring (bicyclic) bond motifs is 1. The molecule has 1 aliphatic heterocycles. The number of cyclic esters (lactones) is 1. The van der Waals surface area contributed by atoms with Crippen molar-refractivity contribution in [3.63, 3.8) is 0 Å². The average Bonchev–Trinajstić information content (AvgIpc) is 2.29. The number of rotatable bonds is 1. The van der Waals surface area contributed by atoms with Gasteiger partial charge in [-0.1, -0.05) is 0 Å². The maximum absolute atomic E-state index is 13.2. The number of carbonyl (C=O) groups excluding carboxylic acids is 2. The first-order valence-electron chi connectivity index (χ1n) is 5.10. The van der Waals surface area contributed by atoms with Crippen LogP contribution in [-0.4, -0.2) is 25.2 Å². The van der Waals surface area contributed by atoms with E-state index in [-0.39, 0.29) is 12.0 Å². The zero-order chi connectivity index (χ0) is 12.6. The third-order valence-corrected chi connectivity index (χ3v) is 2.76. The molecule has 4 nitrogen and oxygen atoms in total. The van der Waals surface area contributed by atoms with Gasteiger partial charge in [-0.05, 0) is 30.2 Å². The van der Waals surface area contributed by atoms with Crippen LogP contribution < -0.4 is 0 Å². The number of methoxy groups -OCH3 is 1. The molecule has 90 valence electrons. The summed E-state index contributed by atoms with van der Waals surface area (Å²) in [5.41, 5.74) is 1.45. The Morgan fingerprint density at radius 3 is 2.88 bits per heavy atom. The van der Waals surface area contributed by atoms with Gasteiger partial charge >= 0.3 is 11.9 Å². The lowest BCUT2D eigenvalue weighted by Gasteiger charge is -2.24. The number of hydrogen-bond donors (Lipinski definition) is 0. The minimum atomic E-state index is -0.941. The molecule has 1 heterocycles. The molecular weight excluding hydrogens is 227 g/mol. The van der Waals surface area contributed by atoms with E-state index in [9.17, 15) is 14.0 Å². The van der Waals surface area contributed by atoms with E-state index in [2.05, 4.69) is 4.74 Å². The van der Waals surface area contributed by atoms with Gasteiger partial charge in [0.2, 0.25) is 6.10 Å². The largest absolute Gasteiger partial charge is 0.466 e. The van der Waals surface area contributed by atoms with E-state index in [1.807, 2.05) is 0 Å². The second-order valence-corrected chi connectivity index (χ2v) is 3.87. The lowest BCUT2D eigenvalue weighted by molar-refractivity contribution is -0.151. The van der Waals surface area contributed by atoms with Crippen LogP contribution in [0.2, 0.25) is 0 Å². The highest BCUT2D eigenvalue weighted by Gasteiger charge is 2.33. The van der Waals surface area contributed by atoms with Crippen LogP contribution in [0.3, 0.4) is 0 Å². The molecule has 0 aromatic heterocycles. The molecule has 1 aliphatic rings. The van der Waals surface area contributed by atoms with Gasteiger partial charge in [-0.25, -0.2) is 14.0 Å². The predicted molar refractivity (Wildman–Crippen MR) is 56.1 cm³/mol. The highest BCUT2D eigenvalue weighted by molar-refractivity contribution is 5.95. The fraction of sp³-hybridized carbons (Fsp3) is 0.333. The summed E-state index contributed by atoms with van der Waals surface area (Å²) in [6.45, 7) is 1.69. The highest BCUT2D eigenvalue weighted by Crippen LogP contribution is 2.25. The van der Waals surface area contributed by atoms with Crippen LogP contribution in [0.5, 0.6) is 0 Å². The molecule has 1 unspecified atom stereocenters. The van der Waals surface area contributed by atoms with Crippen LogP contribution in [-0.2, 0) is 20.7 Å². The van der Waals surface area contributed by atoms with Crippen molar-refractivity contribution in [2.24, 2.45) is 0 Å². The zero-order valence-electron chi connectivity index (χ0n) is 9.45. The molecule has 2 rings (SSSR count). The number of esters is 2. The maximum atomic E-state index is 13.2. The number of aryl methyl sites for hydroxylation is 1. The number of hydrogen-bond acceptors (Lipinski definition) is 4. The van der Waals surface area contributed by atoms with Crippen LogP contribution in [0.25, 0.3) is 0 Å². The molecule has 0 saturated heterocycles. The van der Waals surface area contributed by atoms with Crippen LogP contribution in [0, 0.1) is 12.7 Å². The van der Waals surface area contributed by atoms with Gasteiger partial charge in [0.1, 0.15) is 5.82 Å². The molecule has 0 amide bonds. The van der Waals surface area contributed by atoms with Crippen molar-refractivity contribution in [3.05, 3.63) is 34.6 Å². The van der Waals surface area contributed by atoms with Crippen molar-refractivity contribution < 1.29 is 23.5 Å². The molecule has 0 radical (unpaired) electrons. The third-order valence-electron chi connectivity index (χ3n) is 2.76. The summed E-state index contributed by atoms with van der Waals surface area (Å²) < 4.78 is 22.6. The van der Waals surface area contributed by atoms with E-state index in [0.29, 0.717) is 11.1 Å². The molecule has 1 aromatic rings. The van der Waals surface area contributed by atoms with Gasteiger partial charge in [-0.3, -0.25) is 0 Å². The highest BCUT2D eigenvalue weighted by atomic mass is 19.1. The van der Waals surface area contributed by atoms with Crippen molar-refractivity contribution in [2.45, 2.75) is 19.4 Å². The van der Waals surface area contributed by atoms with Gasteiger partial charge in [0, 0.05) is 6.42 Å². The molecule has 0 fully saturated rings. The van der Waals surface area contributed by atoms with E-state index in [1.165, 1.54) is 13.2 Å². The molecule has 17 heavy (non-hydrogen) atoms. The number of carbonyl (C=O) groups is 2. The van der Waals surface area contributed by atoms with E-state index in [0.717, 1.165) is 6.07 Å². The SMILES string of the molecule is COC(=O)C1Cc2c(C)cc(F)cc2C(=O)O1. The molecule has 0 N–H and O–H groups in total. The fourth-order valence-corrected chi connectivity index (χ4v) is 1.91. The Bertz CT molecular complexity index is 496. The van der Waals surface area contributed by atoms with E-state index in [1.54, 1.807) is 6.92 Å². The lowest BCUT2D eigenvalue weighted by Crippen LogP contribution is -2.35. The van der Waals surface area contributed by atoms with Gasteiger partial charge in [0.15, 0.2) is 0 Å². The quantitative estimate of drug-likeness (QED) is 0.694. The van der Waals surface area contributed by atoms with Crippen molar-refractivity contribution >= 4 is 11.9 Å². The molecule has 1 atom stereocenters. The average molecular weight is 238 g/mol. The molecule has 0 saturated carbocycles. The van der Waals surface area contributed by atoms with Crippen LogP contribution in [0.15, 0.2) is 12.1 Å². The first-order chi connectivity index (χ1) is 8.02. The summed E-state index contributed by atoms with van der Waals surface area (Å²) in [6.07, 6.45) is -0.719. The smallest absolute Gasteiger partial charge is 0.347 e. The normalized spacial score (nSPS) is 18.3. The Hall–Kier alpha value is -1.91. The lowest BCUT2D eigenvalue weighted by atomic mass is 9.94. The first-order valence-corrected chi connectivity index (χ1v) is 5.10. The molecule has 5 heteroatoms. The Morgan fingerprint density at radius 2 is 2.24 bits per heavy atom. The van der Waals surface area contributed by atoms with Crippen LogP contribution >= 0.6 is 0 Å². The van der Waals surface area contributed by atoms with Crippen LogP contribution in [0.4, 0.5) is 4.39 Å². The topological polar surface area (TPSA) is 52.6 Å². The summed E-state index contributed by atoms with van der Waals surface area (Å²) in [6, 6.07) is 2.45. The number of halogens is 1. The minimum Gasteiger partial charge on any atom is -0.466 e. The summed E-state index contributed by atoms with van der Waals surface area (Å²) in [5, 5.41) is 0. The van der Waals surface area contributed by atoms with Crippen molar-refractivity contribution in [1.82, 2.24) is 0 Å². The summed E-state index contributed by atoms with van der Waals surface area (Å²) in [7, 11) is 1.23. The van der Waals surface area contributed by atoms with Gasteiger partial charge in [-0.2, -0.15) is 0 Å². The maximum Gasteiger partial charge on any atom is 0.347 e. The van der Waals surface area contributed by atoms with E-state index < -0.39 is 23.9 Å². The molecule has 0 spiro atoms. The monoisotopic (exact) mass is 238 g/mol. The predicted octanol–water partition coefficient (Wildman–Crippen LogP) is 1.39. The van der Waals surface area contributed by atoms with E-state index >= 15 is 0 Å². The number of ether oxygens (including phenoxy) is 2. The standard InChI is InChI=1S/C12H11FO4/c1-6-3-7(13)4-9-8(6)5-10(12(15)16-2)17-11(9)14/h3-4,10H,5H2,1-2H3. The summed E-state index contributed by atoms with van der Waals surface area (Å²) in [5.74, 6) is -1.79. The Kier molecular flexibility index (Phi) is 2.83. The van der Waals surface area contributed by atoms with Crippen molar-refractivity contribution in [2.75, 3.05) is 7.11 Å². The van der Waals surface area contributed by atoms with Crippen molar-refractivity contribution in [3.8, 4) is 0 Å². The Balaban J connectivity index is 2.43. The van der Waals surface area contributed by atoms with Crippen molar-refractivity contribution in [1.29, 1.82) is 0 Å². The molecule has 0 aliphatic carbocycles. The molecule has 0 bridgehead atoms. The first kappa shape index (κ1) is 11.6. The second-order valence-electron chi connectivity index (χ2n) is 3.87. The van der Waals surface area contributed by atoms with Crippen LogP contribution in [0.1, 0.15) is 21.5 Å². The van der Waals surface area contributed by atoms with Gasteiger partial charge < -0.3 is 9.47 Å². The third kappa shape index (κ3) is 2.00. The molecular formula is C12H11FO4. The Labute approximate surface area is 97.3 Å². The minimum absolute atomic E-state index is 0.183. The van der Waals surface area contributed by atoms with E-state index in [4.69, 9.17) is 4.74 Å². The number of benzene rings is 1. The molecule has 1 aromatic carbocycles. The zero-order valence-corrected chi connectivity index (χ0v) is 9.45.